The van der Waals surface area contributed by atoms with Gasteiger partial charge in [0.1, 0.15) is 5.65 Å². The Labute approximate surface area is 112 Å². The zero-order valence-electron chi connectivity index (χ0n) is 12.1. The van der Waals surface area contributed by atoms with Gasteiger partial charge in [-0.25, -0.2) is 4.98 Å². The van der Waals surface area contributed by atoms with E-state index in [1.807, 2.05) is 40.7 Å². The second kappa shape index (κ2) is 4.99. The number of pyridine rings is 1. The number of rotatable bonds is 3. The highest BCUT2D eigenvalue weighted by Gasteiger charge is 2.14. The average molecular weight is 260 g/mol. The zero-order chi connectivity index (χ0) is 14.2. The first-order chi connectivity index (χ1) is 8.95. The summed E-state index contributed by atoms with van der Waals surface area (Å²) in [6.45, 7) is 10.5. The molecule has 1 N–H and O–H groups in total. The Morgan fingerprint density at radius 3 is 2.58 bits per heavy atom. The molecule has 0 atom stereocenters. The second-order valence-corrected chi connectivity index (χ2v) is 5.00. The third-order valence-corrected chi connectivity index (χ3v) is 3.11. The number of fused-ring (bicyclic) bond motifs is 1. The van der Waals surface area contributed by atoms with Crippen LogP contribution >= 0.6 is 0 Å². The fraction of sp³-hybridized carbons (Fsp3) is 0.500. The molecule has 0 aliphatic heterocycles. The molecule has 0 saturated carbocycles. The lowest BCUT2D eigenvalue weighted by Crippen LogP contribution is -2.25. The van der Waals surface area contributed by atoms with Crippen molar-refractivity contribution in [2.24, 2.45) is 0 Å². The summed E-state index contributed by atoms with van der Waals surface area (Å²) in [4.78, 5) is 21.2. The van der Waals surface area contributed by atoms with Crippen molar-refractivity contribution in [3.63, 3.8) is 0 Å². The van der Waals surface area contributed by atoms with Crippen molar-refractivity contribution < 1.29 is 0 Å². The molecule has 0 aliphatic carbocycles. The van der Waals surface area contributed by atoms with Gasteiger partial charge < -0.3 is 5.32 Å². The Bertz CT molecular complexity index is 673. The summed E-state index contributed by atoms with van der Waals surface area (Å²) in [6, 6.07) is 1.94. The minimum absolute atomic E-state index is 0.0167. The maximum atomic E-state index is 12.3. The minimum Gasteiger partial charge on any atom is -0.354 e. The van der Waals surface area contributed by atoms with Gasteiger partial charge >= 0.3 is 0 Å². The molecule has 0 amide bonds. The number of hydrogen-bond acceptors (Lipinski definition) is 4. The summed E-state index contributed by atoms with van der Waals surface area (Å²) in [5.74, 6) is 0.574. The maximum absolute atomic E-state index is 12.3. The van der Waals surface area contributed by atoms with Crippen molar-refractivity contribution in [3.8, 4) is 0 Å². The van der Waals surface area contributed by atoms with Gasteiger partial charge in [-0.15, -0.1) is 0 Å². The van der Waals surface area contributed by atoms with Gasteiger partial charge in [-0.1, -0.05) is 0 Å². The van der Waals surface area contributed by atoms with Crippen LogP contribution in [-0.4, -0.2) is 21.1 Å². The zero-order valence-corrected chi connectivity index (χ0v) is 12.1. The Hall–Kier alpha value is -1.91. The highest BCUT2D eigenvalue weighted by molar-refractivity contribution is 5.79. The Balaban J connectivity index is 2.88. The SMILES string of the molecule is CCNc1nc(C)c2cc(C)c(=O)n(C(C)C)c2n1. The molecule has 5 heteroatoms. The highest BCUT2D eigenvalue weighted by atomic mass is 16.1. The molecule has 0 radical (unpaired) electrons. The maximum Gasteiger partial charge on any atom is 0.255 e. The molecule has 19 heavy (non-hydrogen) atoms. The fourth-order valence-electron chi connectivity index (χ4n) is 2.20. The molecule has 0 saturated heterocycles. The van der Waals surface area contributed by atoms with E-state index in [1.54, 1.807) is 4.57 Å². The number of nitrogens with zero attached hydrogens (tertiary/aromatic N) is 3. The summed E-state index contributed by atoms with van der Waals surface area (Å²) in [7, 11) is 0. The molecular weight excluding hydrogens is 240 g/mol. The topological polar surface area (TPSA) is 59.8 Å². The first-order valence-electron chi connectivity index (χ1n) is 6.60. The van der Waals surface area contributed by atoms with E-state index in [9.17, 15) is 4.79 Å². The standard InChI is InChI=1S/C14H20N4O/c1-6-15-14-16-10(5)11-7-9(4)13(19)18(8(2)3)12(11)17-14/h7-8H,6H2,1-5H3,(H,15,16,17). The van der Waals surface area contributed by atoms with Crippen LogP contribution in [-0.2, 0) is 0 Å². The summed E-state index contributed by atoms with van der Waals surface area (Å²) in [5.41, 5.74) is 2.33. The van der Waals surface area contributed by atoms with Crippen molar-refractivity contribution in [3.05, 3.63) is 27.7 Å². The second-order valence-electron chi connectivity index (χ2n) is 5.00. The smallest absolute Gasteiger partial charge is 0.255 e. The fourth-order valence-corrected chi connectivity index (χ4v) is 2.20. The largest absolute Gasteiger partial charge is 0.354 e. The molecule has 2 rings (SSSR count). The molecule has 0 bridgehead atoms. The van der Waals surface area contributed by atoms with Gasteiger partial charge in [-0.3, -0.25) is 9.36 Å². The van der Waals surface area contributed by atoms with E-state index >= 15 is 0 Å². The lowest BCUT2D eigenvalue weighted by atomic mass is 10.2. The molecule has 2 heterocycles. The van der Waals surface area contributed by atoms with Gasteiger partial charge in [0.25, 0.3) is 5.56 Å². The van der Waals surface area contributed by atoms with Crippen LogP contribution in [0.4, 0.5) is 5.95 Å². The van der Waals surface area contributed by atoms with E-state index in [0.717, 1.165) is 23.2 Å². The first kappa shape index (κ1) is 13.5. The predicted molar refractivity (Wildman–Crippen MR) is 77.8 cm³/mol. The normalized spacial score (nSPS) is 11.3. The third-order valence-electron chi connectivity index (χ3n) is 3.11. The van der Waals surface area contributed by atoms with E-state index in [1.165, 1.54) is 0 Å². The molecule has 0 unspecified atom stereocenters. The van der Waals surface area contributed by atoms with E-state index < -0.39 is 0 Å². The molecular formula is C14H20N4O. The van der Waals surface area contributed by atoms with Crippen LogP contribution < -0.4 is 10.9 Å². The molecule has 0 aliphatic rings. The summed E-state index contributed by atoms with van der Waals surface area (Å²) >= 11 is 0. The Morgan fingerprint density at radius 2 is 2.00 bits per heavy atom. The van der Waals surface area contributed by atoms with Crippen LogP contribution in [0.5, 0.6) is 0 Å². The molecule has 5 nitrogen and oxygen atoms in total. The van der Waals surface area contributed by atoms with Crippen LogP contribution in [0.3, 0.4) is 0 Å². The van der Waals surface area contributed by atoms with E-state index in [2.05, 4.69) is 15.3 Å². The van der Waals surface area contributed by atoms with Crippen molar-refractivity contribution in [1.29, 1.82) is 0 Å². The van der Waals surface area contributed by atoms with Crippen molar-refractivity contribution >= 4 is 17.0 Å². The van der Waals surface area contributed by atoms with E-state index in [4.69, 9.17) is 0 Å². The van der Waals surface area contributed by atoms with E-state index in [-0.39, 0.29) is 11.6 Å². The molecule has 2 aromatic rings. The van der Waals surface area contributed by atoms with Crippen molar-refractivity contribution in [2.75, 3.05) is 11.9 Å². The van der Waals surface area contributed by atoms with Gasteiger partial charge in [-0.2, -0.15) is 4.98 Å². The van der Waals surface area contributed by atoms with Gasteiger partial charge in [0.2, 0.25) is 5.95 Å². The monoisotopic (exact) mass is 260 g/mol. The Morgan fingerprint density at radius 1 is 1.32 bits per heavy atom. The Kier molecular flexibility index (Phi) is 3.55. The number of hydrogen-bond donors (Lipinski definition) is 1. The molecule has 0 spiro atoms. The van der Waals surface area contributed by atoms with Crippen LogP contribution in [0.15, 0.2) is 10.9 Å². The molecule has 0 fully saturated rings. The molecule has 102 valence electrons. The number of aryl methyl sites for hydroxylation is 2. The van der Waals surface area contributed by atoms with Gasteiger partial charge in [0.15, 0.2) is 0 Å². The van der Waals surface area contributed by atoms with Crippen LogP contribution in [0.25, 0.3) is 11.0 Å². The van der Waals surface area contributed by atoms with Gasteiger partial charge in [0, 0.05) is 23.5 Å². The first-order valence-corrected chi connectivity index (χ1v) is 6.60. The summed E-state index contributed by atoms with van der Waals surface area (Å²) < 4.78 is 1.74. The van der Waals surface area contributed by atoms with Crippen LogP contribution in [0.2, 0.25) is 0 Å². The van der Waals surface area contributed by atoms with E-state index in [0.29, 0.717) is 11.6 Å². The lowest BCUT2D eigenvalue weighted by Gasteiger charge is -2.16. The van der Waals surface area contributed by atoms with Crippen molar-refractivity contribution in [1.82, 2.24) is 14.5 Å². The average Bonchev–Trinajstić information content (AvgIpc) is 2.32. The summed E-state index contributed by atoms with van der Waals surface area (Å²) in [6.07, 6.45) is 0. The number of aromatic nitrogens is 3. The number of nitrogens with one attached hydrogen (secondary N) is 1. The predicted octanol–water partition coefficient (Wildman–Crippen LogP) is 2.42. The lowest BCUT2D eigenvalue weighted by molar-refractivity contribution is 0.592. The van der Waals surface area contributed by atoms with Crippen LogP contribution in [0.1, 0.15) is 38.1 Å². The van der Waals surface area contributed by atoms with Crippen molar-refractivity contribution in [2.45, 2.75) is 40.7 Å². The summed E-state index contributed by atoms with van der Waals surface area (Å²) in [5, 5.41) is 4.04. The van der Waals surface area contributed by atoms with Gasteiger partial charge in [0.05, 0.1) is 5.69 Å². The number of anilines is 1. The van der Waals surface area contributed by atoms with Crippen LogP contribution in [0, 0.1) is 13.8 Å². The minimum atomic E-state index is 0.0167. The highest BCUT2D eigenvalue weighted by Crippen LogP contribution is 2.19. The van der Waals surface area contributed by atoms with Gasteiger partial charge in [-0.05, 0) is 40.7 Å². The molecule has 0 aromatic carbocycles. The molecule has 2 aromatic heterocycles. The quantitative estimate of drug-likeness (QED) is 0.920. The third kappa shape index (κ3) is 2.32.